The highest BCUT2D eigenvalue weighted by Crippen LogP contribution is 2.25. The average molecular weight is 334 g/mol. The molecular formula is C13H20BrNO2S. The molecule has 0 atom stereocenters. The molecule has 0 amide bonds. The van der Waals surface area contributed by atoms with Gasteiger partial charge in [0.2, 0.25) is 10.0 Å². The van der Waals surface area contributed by atoms with Crippen molar-refractivity contribution in [1.82, 2.24) is 4.72 Å². The van der Waals surface area contributed by atoms with Crippen LogP contribution in [0.2, 0.25) is 0 Å². The summed E-state index contributed by atoms with van der Waals surface area (Å²) in [6.45, 7) is 8.73. The normalized spacial score (nSPS) is 13.0. The molecule has 5 heteroatoms. The summed E-state index contributed by atoms with van der Waals surface area (Å²) in [6, 6.07) is 6.63. The lowest BCUT2D eigenvalue weighted by Crippen LogP contribution is -2.36. The first-order valence-electron chi connectivity index (χ1n) is 5.90. The quantitative estimate of drug-likeness (QED) is 0.897. The van der Waals surface area contributed by atoms with Gasteiger partial charge in [0.15, 0.2) is 0 Å². The highest BCUT2D eigenvalue weighted by molar-refractivity contribution is 9.10. The Morgan fingerprint density at radius 3 is 2.17 bits per heavy atom. The van der Waals surface area contributed by atoms with E-state index in [1.165, 1.54) is 0 Å². The lowest BCUT2D eigenvalue weighted by atomic mass is 9.81. The van der Waals surface area contributed by atoms with E-state index >= 15 is 0 Å². The van der Waals surface area contributed by atoms with Crippen LogP contribution in [0.3, 0.4) is 0 Å². The zero-order chi connectivity index (χ0) is 14.0. The number of sulfonamides is 1. The maximum atomic E-state index is 12.1. The Morgan fingerprint density at radius 2 is 1.72 bits per heavy atom. The number of nitrogens with one attached hydrogen (secondary N) is 1. The lowest BCUT2D eigenvalue weighted by molar-refractivity contribution is 0.252. The summed E-state index contributed by atoms with van der Waals surface area (Å²) in [7, 11) is -3.41. The Kier molecular flexibility index (Phi) is 4.98. The molecule has 1 aromatic carbocycles. The highest BCUT2D eigenvalue weighted by atomic mass is 79.9. The summed E-state index contributed by atoms with van der Waals surface area (Å²) < 4.78 is 27.7. The van der Waals surface area contributed by atoms with Crippen LogP contribution in [0.25, 0.3) is 0 Å². The van der Waals surface area contributed by atoms with Crippen molar-refractivity contribution in [3.63, 3.8) is 0 Å². The molecule has 0 aliphatic rings. The van der Waals surface area contributed by atoms with E-state index < -0.39 is 10.0 Å². The fourth-order valence-corrected chi connectivity index (χ4v) is 2.67. The maximum absolute atomic E-state index is 12.1. The van der Waals surface area contributed by atoms with Crippen LogP contribution in [0.4, 0.5) is 0 Å². The smallest absolute Gasteiger partial charge is 0.211 e. The first kappa shape index (κ1) is 15.7. The molecule has 3 nitrogen and oxygen atoms in total. The second-order valence-corrected chi connectivity index (χ2v) is 8.10. The second kappa shape index (κ2) is 5.72. The molecule has 1 N–H and O–H groups in total. The molecule has 0 aromatic heterocycles. The molecule has 0 heterocycles. The van der Waals surface area contributed by atoms with Crippen LogP contribution in [0, 0.1) is 11.3 Å². The molecule has 0 spiro atoms. The van der Waals surface area contributed by atoms with Crippen LogP contribution in [-0.4, -0.2) is 15.0 Å². The molecular weight excluding hydrogens is 314 g/mol. The van der Waals surface area contributed by atoms with E-state index in [9.17, 15) is 8.42 Å². The minimum Gasteiger partial charge on any atom is -0.211 e. The van der Waals surface area contributed by atoms with E-state index in [1.54, 1.807) is 24.3 Å². The zero-order valence-corrected chi connectivity index (χ0v) is 13.6. The predicted molar refractivity (Wildman–Crippen MR) is 77.9 cm³/mol. The van der Waals surface area contributed by atoms with Gasteiger partial charge < -0.3 is 0 Å². The van der Waals surface area contributed by atoms with Crippen molar-refractivity contribution in [2.45, 2.75) is 32.6 Å². The first-order valence-corrected chi connectivity index (χ1v) is 8.18. The summed E-state index contributed by atoms with van der Waals surface area (Å²) in [5.41, 5.74) is -0.0670. The Labute approximate surface area is 118 Å². The summed E-state index contributed by atoms with van der Waals surface area (Å²) in [5, 5.41) is 0. The molecule has 0 aliphatic heterocycles. The molecule has 1 rings (SSSR count). The number of hydrogen-bond acceptors (Lipinski definition) is 2. The van der Waals surface area contributed by atoms with Gasteiger partial charge in [0.05, 0.1) is 4.90 Å². The molecule has 18 heavy (non-hydrogen) atoms. The molecule has 0 aliphatic carbocycles. The van der Waals surface area contributed by atoms with Gasteiger partial charge in [-0.1, -0.05) is 43.6 Å². The van der Waals surface area contributed by atoms with E-state index in [0.717, 1.165) is 4.47 Å². The van der Waals surface area contributed by atoms with E-state index in [-0.39, 0.29) is 5.41 Å². The van der Waals surface area contributed by atoms with Gasteiger partial charge in [-0.15, -0.1) is 0 Å². The molecule has 0 saturated heterocycles. The summed E-state index contributed by atoms with van der Waals surface area (Å²) in [5.74, 6) is 0.408. The van der Waals surface area contributed by atoms with Gasteiger partial charge in [0.25, 0.3) is 0 Å². The van der Waals surface area contributed by atoms with Crippen molar-refractivity contribution in [2.75, 3.05) is 6.54 Å². The van der Waals surface area contributed by atoms with Crippen LogP contribution in [-0.2, 0) is 10.0 Å². The maximum Gasteiger partial charge on any atom is 0.240 e. The van der Waals surface area contributed by atoms with E-state index in [2.05, 4.69) is 48.3 Å². The van der Waals surface area contributed by atoms with Crippen molar-refractivity contribution >= 4 is 26.0 Å². The van der Waals surface area contributed by atoms with Crippen LogP contribution in [0.5, 0.6) is 0 Å². The minimum atomic E-state index is -3.41. The second-order valence-electron chi connectivity index (χ2n) is 5.42. The van der Waals surface area contributed by atoms with Crippen LogP contribution < -0.4 is 4.72 Å². The summed E-state index contributed by atoms with van der Waals surface area (Å²) >= 11 is 3.29. The SMILES string of the molecule is CC(C)C(C)(C)CNS(=O)(=O)c1ccc(Br)cc1. The summed E-state index contributed by atoms with van der Waals surface area (Å²) in [6.07, 6.45) is 0. The third kappa shape index (κ3) is 4.07. The third-order valence-corrected chi connectivity index (χ3v) is 5.35. The molecule has 0 unspecified atom stereocenters. The fourth-order valence-electron chi connectivity index (χ4n) is 1.18. The Balaban J connectivity index is 2.81. The number of benzene rings is 1. The minimum absolute atomic E-state index is 0.0670. The molecule has 102 valence electrons. The Morgan fingerprint density at radius 1 is 1.22 bits per heavy atom. The number of rotatable bonds is 5. The van der Waals surface area contributed by atoms with E-state index in [4.69, 9.17) is 0 Å². The highest BCUT2D eigenvalue weighted by Gasteiger charge is 2.25. The van der Waals surface area contributed by atoms with Crippen LogP contribution in [0.1, 0.15) is 27.7 Å². The van der Waals surface area contributed by atoms with Crippen molar-refractivity contribution in [1.29, 1.82) is 0 Å². The van der Waals surface area contributed by atoms with Gasteiger partial charge in [0, 0.05) is 11.0 Å². The van der Waals surface area contributed by atoms with Gasteiger partial charge in [-0.25, -0.2) is 13.1 Å². The average Bonchev–Trinajstić information content (AvgIpc) is 2.27. The van der Waals surface area contributed by atoms with Crippen LogP contribution >= 0.6 is 15.9 Å². The largest absolute Gasteiger partial charge is 0.240 e. The lowest BCUT2D eigenvalue weighted by Gasteiger charge is -2.29. The number of halogens is 1. The molecule has 0 saturated carbocycles. The van der Waals surface area contributed by atoms with Gasteiger partial charge in [0.1, 0.15) is 0 Å². The van der Waals surface area contributed by atoms with E-state index in [1.807, 2.05) is 0 Å². The predicted octanol–water partition coefficient (Wildman–Crippen LogP) is 3.41. The number of hydrogen-bond donors (Lipinski definition) is 1. The topological polar surface area (TPSA) is 46.2 Å². The first-order chi connectivity index (χ1) is 8.15. The summed E-state index contributed by atoms with van der Waals surface area (Å²) in [4.78, 5) is 0.297. The Hall–Kier alpha value is -0.390. The Bertz CT molecular complexity index is 492. The van der Waals surface area contributed by atoms with Crippen molar-refractivity contribution in [3.8, 4) is 0 Å². The van der Waals surface area contributed by atoms with Gasteiger partial charge in [-0.3, -0.25) is 0 Å². The van der Waals surface area contributed by atoms with Gasteiger partial charge in [-0.05, 0) is 35.6 Å². The zero-order valence-electron chi connectivity index (χ0n) is 11.2. The standard InChI is InChI=1S/C13H20BrNO2S/c1-10(2)13(3,4)9-15-18(16,17)12-7-5-11(14)6-8-12/h5-8,10,15H,9H2,1-4H3. The molecule has 1 aromatic rings. The van der Waals surface area contributed by atoms with Crippen LogP contribution in [0.15, 0.2) is 33.6 Å². The van der Waals surface area contributed by atoms with Gasteiger partial charge in [-0.2, -0.15) is 0 Å². The van der Waals surface area contributed by atoms with Crippen molar-refractivity contribution < 1.29 is 8.42 Å². The third-order valence-electron chi connectivity index (χ3n) is 3.40. The van der Waals surface area contributed by atoms with Gasteiger partial charge >= 0.3 is 0 Å². The van der Waals surface area contributed by atoms with E-state index in [0.29, 0.717) is 17.4 Å². The molecule has 0 fully saturated rings. The van der Waals surface area contributed by atoms with Crippen molar-refractivity contribution in [2.24, 2.45) is 11.3 Å². The monoisotopic (exact) mass is 333 g/mol. The molecule has 0 bridgehead atoms. The van der Waals surface area contributed by atoms with Crippen molar-refractivity contribution in [3.05, 3.63) is 28.7 Å². The molecule has 0 radical (unpaired) electrons. The fraction of sp³-hybridized carbons (Fsp3) is 0.538.